The van der Waals surface area contributed by atoms with Gasteiger partial charge in [0, 0.05) is 28.9 Å². The molecule has 2 aromatic heterocycles. The summed E-state index contributed by atoms with van der Waals surface area (Å²) in [5.41, 5.74) is 5.63. The summed E-state index contributed by atoms with van der Waals surface area (Å²) in [5, 5.41) is 4.85. The standard InChI is InChI=1S/C21H19ClN4O/c1-27-26-19-10-5-9-18-16(19)13-23-21(25-18)20-11-4-7-15(24-20)12-14-6-2-3-8-17(14)22/h2-4,6-8,11,13H,5,9-10,12H2,1H3/b26-19+. The van der Waals surface area contributed by atoms with Crippen molar-refractivity contribution in [1.82, 2.24) is 15.0 Å². The first kappa shape index (κ1) is 17.6. The van der Waals surface area contributed by atoms with Gasteiger partial charge < -0.3 is 4.84 Å². The number of halogens is 1. The number of aromatic nitrogens is 3. The van der Waals surface area contributed by atoms with Crippen molar-refractivity contribution in [3.63, 3.8) is 0 Å². The molecule has 27 heavy (non-hydrogen) atoms. The third-order valence-corrected chi connectivity index (χ3v) is 4.94. The number of hydrogen-bond acceptors (Lipinski definition) is 5. The highest BCUT2D eigenvalue weighted by Gasteiger charge is 2.19. The molecule has 0 unspecified atom stereocenters. The molecular formula is C21H19ClN4O. The Bertz CT molecular complexity index is 1000. The van der Waals surface area contributed by atoms with E-state index in [0.717, 1.165) is 58.2 Å². The monoisotopic (exact) mass is 378 g/mol. The van der Waals surface area contributed by atoms with Crippen LogP contribution in [0.2, 0.25) is 5.02 Å². The Labute approximate surface area is 163 Å². The molecule has 0 radical (unpaired) electrons. The average molecular weight is 379 g/mol. The molecule has 136 valence electrons. The van der Waals surface area contributed by atoms with E-state index in [1.165, 1.54) is 0 Å². The number of hydrogen-bond donors (Lipinski definition) is 0. The summed E-state index contributed by atoms with van der Waals surface area (Å²) < 4.78 is 0. The Morgan fingerprint density at radius 2 is 1.96 bits per heavy atom. The van der Waals surface area contributed by atoms with Crippen LogP contribution in [0.15, 0.2) is 53.8 Å². The lowest BCUT2D eigenvalue weighted by atomic mass is 9.95. The predicted molar refractivity (Wildman–Crippen MR) is 106 cm³/mol. The zero-order valence-electron chi connectivity index (χ0n) is 15.0. The molecule has 2 heterocycles. The van der Waals surface area contributed by atoms with Crippen molar-refractivity contribution in [1.29, 1.82) is 0 Å². The zero-order chi connectivity index (χ0) is 18.6. The van der Waals surface area contributed by atoms with Crippen LogP contribution in [-0.4, -0.2) is 27.8 Å². The summed E-state index contributed by atoms with van der Waals surface area (Å²) in [4.78, 5) is 19.0. The first-order chi connectivity index (χ1) is 13.2. The molecule has 1 aliphatic rings. The molecule has 0 atom stereocenters. The number of nitrogens with zero attached hydrogens (tertiary/aromatic N) is 4. The van der Waals surface area contributed by atoms with Crippen LogP contribution in [0.1, 0.15) is 35.4 Å². The highest BCUT2D eigenvalue weighted by molar-refractivity contribution is 6.31. The van der Waals surface area contributed by atoms with E-state index in [0.29, 0.717) is 12.2 Å². The Hall–Kier alpha value is -2.79. The first-order valence-electron chi connectivity index (χ1n) is 8.90. The SMILES string of the molecule is CO/N=C1\CCCc2nc(-c3cccc(Cc4ccccc4Cl)n3)ncc21. The molecule has 0 N–H and O–H groups in total. The van der Waals surface area contributed by atoms with E-state index in [2.05, 4.69) is 10.1 Å². The van der Waals surface area contributed by atoms with Crippen molar-refractivity contribution in [2.24, 2.45) is 5.16 Å². The van der Waals surface area contributed by atoms with Gasteiger partial charge in [-0.1, -0.05) is 41.0 Å². The van der Waals surface area contributed by atoms with E-state index < -0.39 is 0 Å². The molecule has 0 bridgehead atoms. The second-order valence-electron chi connectivity index (χ2n) is 6.41. The molecule has 1 aliphatic carbocycles. The van der Waals surface area contributed by atoms with Gasteiger partial charge in [0.25, 0.3) is 0 Å². The largest absolute Gasteiger partial charge is 0.399 e. The summed E-state index contributed by atoms with van der Waals surface area (Å²) in [6.45, 7) is 0. The number of aryl methyl sites for hydroxylation is 1. The van der Waals surface area contributed by atoms with Crippen LogP contribution in [0.4, 0.5) is 0 Å². The molecule has 4 rings (SSSR count). The van der Waals surface area contributed by atoms with Crippen LogP contribution >= 0.6 is 11.6 Å². The first-order valence-corrected chi connectivity index (χ1v) is 9.28. The second kappa shape index (κ2) is 7.84. The number of pyridine rings is 1. The Morgan fingerprint density at radius 1 is 1.07 bits per heavy atom. The predicted octanol–water partition coefficient (Wildman–Crippen LogP) is 4.47. The zero-order valence-corrected chi connectivity index (χ0v) is 15.8. The molecule has 0 amide bonds. The van der Waals surface area contributed by atoms with Crippen molar-refractivity contribution in [2.45, 2.75) is 25.7 Å². The molecule has 0 saturated heterocycles. The van der Waals surface area contributed by atoms with Crippen LogP contribution in [0.5, 0.6) is 0 Å². The summed E-state index contributed by atoms with van der Waals surface area (Å²) in [6, 6.07) is 13.7. The summed E-state index contributed by atoms with van der Waals surface area (Å²) >= 11 is 6.28. The van der Waals surface area contributed by atoms with Gasteiger partial charge in [-0.3, -0.25) is 0 Å². The molecule has 1 aromatic carbocycles. The maximum Gasteiger partial charge on any atom is 0.178 e. The number of oxime groups is 1. The van der Waals surface area contributed by atoms with Crippen molar-refractivity contribution < 1.29 is 4.84 Å². The maximum atomic E-state index is 6.28. The van der Waals surface area contributed by atoms with Gasteiger partial charge in [0.1, 0.15) is 12.8 Å². The van der Waals surface area contributed by atoms with E-state index in [1.54, 1.807) is 7.11 Å². The van der Waals surface area contributed by atoms with Crippen molar-refractivity contribution in [3.05, 3.63) is 76.2 Å². The van der Waals surface area contributed by atoms with Gasteiger partial charge in [0.05, 0.1) is 11.4 Å². The fourth-order valence-corrected chi connectivity index (χ4v) is 3.48. The topological polar surface area (TPSA) is 60.3 Å². The van der Waals surface area contributed by atoms with Gasteiger partial charge in [-0.25, -0.2) is 15.0 Å². The third kappa shape index (κ3) is 3.83. The van der Waals surface area contributed by atoms with Crippen LogP contribution < -0.4 is 0 Å². The van der Waals surface area contributed by atoms with Gasteiger partial charge in [0.2, 0.25) is 0 Å². The third-order valence-electron chi connectivity index (χ3n) is 4.57. The minimum Gasteiger partial charge on any atom is -0.399 e. The molecular weight excluding hydrogens is 360 g/mol. The van der Waals surface area contributed by atoms with Crippen LogP contribution in [-0.2, 0) is 17.7 Å². The molecule has 3 aromatic rings. The Morgan fingerprint density at radius 3 is 2.81 bits per heavy atom. The number of rotatable bonds is 4. The Balaban J connectivity index is 1.65. The molecule has 6 heteroatoms. The number of benzene rings is 1. The van der Waals surface area contributed by atoms with Gasteiger partial charge in [0.15, 0.2) is 5.82 Å². The van der Waals surface area contributed by atoms with Crippen LogP contribution in [0, 0.1) is 0 Å². The fourth-order valence-electron chi connectivity index (χ4n) is 3.27. The van der Waals surface area contributed by atoms with Gasteiger partial charge in [-0.05, 0) is 43.0 Å². The maximum absolute atomic E-state index is 6.28. The lowest BCUT2D eigenvalue weighted by Gasteiger charge is -2.16. The normalized spacial score (nSPS) is 14.8. The number of fused-ring (bicyclic) bond motifs is 1. The van der Waals surface area contributed by atoms with E-state index >= 15 is 0 Å². The van der Waals surface area contributed by atoms with Crippen molar-refractivity contribution in [3.8, 4) is 11.5 Å². The minimum absolute atomic E-state index is 0.633. The lowest BCUT2D eigenvalue weighted by molar-refractivity contribution is 0.212. The Kier molecular flexibility index (Phi) is 5.12. The molecule has 0 fully saturated rings. The van der Waals surface area contributed by atoms with Gasteiger partial charge >= 0.3 is 0 Å². The summed E-state index contributed by atoms with van der Waals surface area (Å²) in [7, 11) is 1.56. The lowest BCUT2D eigenvalue weighted by Crippen LogP contribution is -2.15. The fraction of sp³-hybridized carbons (Fsp3) is 0.238. The molecule has 0 aliphatic heterocycles. The van der Waals surface area contributed by atoms with Crippen LogP contribution in [0.3, 0.4) is 0 Å². The highest BCUT2D eigenvalue weighted by atomic mass is 35.5. The molecule has 0 spiro atoms. The quantitative estimate of drug-likeness (QED) is 0.628. The van der Waals surface area contributed by atoms with Crippen molar-refractivity contribution in [2.75, 3.05) is 7.11 Å². The minimum atomic E-state index is 0.633. The second-order valence-corrected chi connectivity index (χ2v) is 6.82. The van der Waals surface area contributed by atoms with E-state index in [1.807, 2.05) is 48.7 Å². The van der Waals surface area contributed by atoms with Gasteiger partial charge in [-0.2, -0.15) is 0 Å². The van der Waals surface area contributed by atoms with Gasteiger partial charge in [-0.15, -0.1) is 0 Å². The summed E-state index contributed by atoms with van der Waals surface area (Å²) in [5.74, 6) is 0.633. The van der Waals surface area contributed by atoms with Crippen molar-refractivity contribution >= 4 is 17.3 Å². The van der Waals surface area contributed by atoms with E-state index in [9.17, 15) is 0 Å². The van der Waals surface area contributed by atoms with Crippen LogP contribution in [0.25, 0.3) is 11.5 Å². The van der Waals surface area contributed by atoms with E-state index in [-0.39, 0.29) is 0 Å². The summed E-state index contributed by atoms with van der Waals surface area (Å²) in [6.07, 6.45) is 5.30. The highest BCUT2D eigenvalue weighted by Crippen LogP contribution is 2.23. The molecule has 0 saturated carbocycles. The molecule has 5 nitrogen and oxygen atoms in total. The smallest absolute Gasteiger partial charge is 0.178 e. The van der Waals surface area contributed by atoms with E-state index in [4.69, 9.17) is 26.4 Å². The average Bonchev–Trinajstić information content (AvgIpc) is 2.70.